The first-order valence-corrected chi connectivity index (χ1v) is 9.25. The van der Waals surface area contributed by atoms with E-state index in [1.54, 1.807) is 17.4 Å². The average Bonchev–Trinajstić information content (AvgIpc) is 3.36. The van der Waals surface area contributed by atoms with E-state index in [9.17, 15) is 4.79 Å². The molecule has 2 aromatic carbocycles. The number of amides is 1. The number of benzene rings is 2. The van der Waals surface area contributed by atoms with E-state index in [0.29, 0.717) is 17.3 Å². The zero-order valence-electron chi connectivity index (χ0n) is 14.5. The number of thiazole rings is 1. The van der Waals surface area contributed by atoms with Gasteiger partial charge >= 0.3 is 0 Å². The summed E-state index contributed by atoms with van der Waals surface area (Å²) in [6.45, 7) is 2.11. The minimum atomic E-state index is -0.204. The maximum atomic E-state index is 12.5. The normalized spacial score (nSPS) is 10.7. The average molecular weight is 376 g/mol. The first-order valence-electron chi connectivity index (χ1n) is 8.37. The number of hydrogen-bond donors (Lipinski definition) is 1. The Morgan fingerprint density at radius 3 is 2.67 bits per heavy atom. The van der Waals surface area contributed by atoms with Gasteiger partial charge in [0, 0.05) is 27.8 Å². The number of aromatic nitrogens is 3. The van der Waals surface area contributed by atoms with Crippen molar-refractivity contribution in [2.75, 3.05) is 0 Å². The molecule has 0 fully saturated rings. The number of rotatable bonds is 5. The van der Waals surface area contributed by atoms with Crippen LogP contribution in [0, 0.1) is 6.92 Å². The summed E-state index contributed by atoms with van der Waals surface area (Å²) in [5, 5.41) is 13.7. The van der Waals surface area contributed by atoms with E-state index in [1.807, 2.05) is 60.8 Å². The van der Waals surface area contributed by atoms with Gasteiger partial charge in [-0.1, -0.05) is 30.3 Å². The first kappa shape index (κ1) is 17.1. The summed E-state index contributed by atoms with van der Waals surface area (Å²) in [5.41, 5.74) is 3.29. The number of nitrogens with zero attached hydrogens (tertiary/aromatic N) is 3. The van der Waals surface area contributed by atoms with E-state index in [0.717, 1.165) is 21.8 Å². The second kappa shape index (κ2) is 7.51. The van der Waals surface area contributed by atoms with Crippen molar-refractivity contribution in [3.05, 3.63) is 77.1 Å². The minimum absolute atomic E-state index is 0.166. The predicted molar refractivity (Wildman–Crippen MR) is 103 cm³/mol. The highest BCUT2D eigenvalue weighted by Gasteiger charge is 2.12. The summed E-state index contributed by atoms with van der Waals surface area (Å²) in [6.07, 6.45) is 0. The third kappa shape index (κ3) is 3.93. The van der Waals surface area contributed by atoms with Crippen LogP contribution in [0.3, 0.4) is 0 Å². The van der Waals surface area contributed by atoms with Crippen molar-refractivity contribution in [1.82, 2.24) is 20.5 Å². The molecule has 0 saturated heterocycles. The van der Waals surface area contributed by atoms with E-state index in [-0.39, 0.29) is 12.5 Å². The monoisotopic (exact) mass is 376 g/mol. The minimum Gasteiger partial charge on any atom is -0.419 e. The Morgan fingerprint density at radius 1 is 1.07 bits per heavy atom. The Kier molecular flexibility index (Phi) is 4.76. The Bertz CT molecular complexity index is 1070. The summed E-state index contributed by atoms with van der Waals surface area (Å²) in [4.78, 5) is 16.9. The largest absolute Gasteiger partial charge is 0.419 e. The third-order valence-electron chi connectivity index (χ3n) is 3.88. The molecule has 1 amide bonds. The van der Waals surface area contributed by atoms with E-state index >= 15 is 0 Å². The van der Waals surface area contributed by atoms with Crippen molar-refractivity contribution >= 4 is 17.2 Å². The van der Waals surface area contributed by atoms with Gasteiger partial charge in [0.05, 0.1) is 6.54 Å². The summed E-state index contributed by atoms with van der Waals surface area (Å²) in [7, 11) is 0. The predicted octanol–water partition coefficient (Wildman–Crippen LogP) is 4.10. The molecule has 0 spiro atoms. The molecule has 6 nitrogen and oxygen atoms in total. The highest BCUT2D eigenvalue weighted by molar-refractivity contribution is 7.13. The summed E-state index contributed by atoms with van der Waals surface area (Å²) < 4.78 is 5.61. The molecule has 0 bridgehead atoms. The molecule has 0 aliphatic heterocycles. The van der Waals surface area contributed by atoms with Crippen LogP contribution in [-0.4, -0.2) is 21.1 Å². The molecule has 4 aromatic rings. The van der Waals surface area contributed by atoms with Crippen LogP contribution in [0.2, 0.25) is 0 Å². The fraction of sp³-hybridized carbons (Fsp3) is 0.100. The van der Waals surface area contributed by atoms with Crippen LogP contribution in [0.5, 0.6) is 0 Å². The van der Waals surface area contributed by atoms with Crippen LogP contribution in [-0.2, 0) is 6.54 Å². The van der Waals surface area contributed by atoms with Crippen LogP contribution < -0.4 is 5.32 Å². The van der Waals surface area contributed by atoms with Gasteiger partial charge in [-0.15, -0.1) is 21.5 Å². The number of hydrogen-bond acceptors (Lipinski definition) is 6. The molecule has 0 radical (unpaired) electrons. The van der Waals surface area contributed by atoms with Gasteiger partial charge in [-0.25, -0.2) is 4.98 Å². The van der Waals surface area contributed by atoms with E-state index in [1.165, 1.54) is 0 Å². The molecule has 0 atom stereocenters. The molecule has 7 heteroatoms. The number of carbonyl (C=O) groups excluding carboxylic acids is 1. The van der Waals surface area contributed by atoms with Gasteiger partial charge in [0.1, 0.15) is 5.01 Å². The van der Waals surface area contributed by atoms with E-state index in [2.05, 4.69) is 20.5 Å². The van der Waals surface area contributed by atoms with E-state index in [4.69, 9.17) is 4.42 Å². The number of aryl methyl sites for hydroxylation is 1. The van der Waals surface area contributed by atoms with Crippen molar-refractivity contribution in [3.8, 4) is 22.0 Å². The van der Waals surface area contributed by atoms with Crippen LogP contribution in [0.1, 0.15) is 21.9 Å². The molecule has 0 aliphatic carbocycles. The summed E-state index contributed by atoms with van der Waals surface area (Å²) >= 11 is 1.56. The highest BCUT2D eigenvalue weighted by atomic mass is 32.1. The Hall–Kier alpha value is -3.32. The van der Waals surface area contributed by atoms with Gasteiger partial charge in [-0.2, -0.15) is 0 Å². The number of nitrogens with one attached hydrogen (secondary N) is 1. The molecule has 0 unspecified atom stereocenters. The lowest BCUT2D eigenvalue weighted by molar-refractivity contribution is 0.0947. The van der Waals surface area contributed by atoms with Crippen molar-refractivity contribution in [1.29, 1.82) is 0 Å². The molecule has 4 rings (SSSR count). The summed E-state index contributed by atoms with van der Waals surface area (Å²) in [5.74, 6) is 0.583. The second-order valence-corrected chi connectivity index (χ2v) is 6.78. The van der Waals surface area contributed by atoms with Crippen molar-refractivity contribution < 1.29 is 9.21 Å². The molecular weight excluding hydrogens is 360 g/mol. The smallest absolute Gasteiger partial charge is 0.251 e. The Balaban J connectivity index is 1.43. The molecule has 134 valence electrons. The van der Waals surface area contributed by atoms with Gasteiger partial charge < -0.3 is 9.73 Å². The van der Waals surface area contributed by atoms with Crippen LogP contribution in [0.15, 0.2) is 64.4 Å². The topological polar surface area (TPSA) is 80.9 Å². The fourth-order valence-electron chi connectivity index (χ4n) is 2.56. The lowest BCUT2D eigenvalue weighted by atomic mass is 10.1. The van der Waals surface area contributed by atoms with Crippen LogP contribution in [0.4, 0.5) is 0 Å². The van der Waals surface area contributed by atoms with Crippen LogP contribution in [0.25, 0.3) is 22.0 Å². The maximum Gasteiger partial charge on any atom is 0.251 e. The van der Waals surface area contributed by atoms with Gasteiger partial charge in [0.15, 0.2) is 0 Å². The molecule has 0 aliphatic rings. The summed E-state index contributed by atoms with van der Waals surface area (Å²) in [6, 6.07) is 16.9. The van der Waals surface area contributed by atoms with Crippen LogP contribution >= 0.6 is 11.3 Å². The third-order valence-corrected chi connectivity index (χ3v) is 4.89. The van der Waals surface area contributed by atoms with Gasteiger partial charge in [-0.3, -0.25) is 4.79 Å². The maximum absolute atomic E-state index is 12.5. The van der Waals surface area contributed by atoms with Gasteiger partial charge in [0.2, 0.25) is 11.8 Å². The standard InChI is InChI=1S/C20H16N4O2S/c1-13-12-27-20(22-13)16-9-5-8-15(10-16)18(25)21-11-17-23-24-19(26-17)14-6-3-2-4-7-14/h2-10,12H,11H2,1H3,(H,21,25). The molecule has 0 saturated carbocycles. The van der Waals surface area contributed by atoms with Crippen molar-refractivity contribution in [2.24, 2.45) is 0 Å². The Morgan fingerprint density at radius 2 is 1.89 bits per heavy atom. The Labute approximate surface area is 159 Å². The fourth-order valence-corrected chi connectivity index (χ4v) is 3.36. The van der Waals surface area contributed by atoms with Gasteiger partial charge in [-0.05, 0) is 31.2 Å². The molecule has 1 N–H and O–H groups in total. The molecular formula is C20H16N4O2S. The molecule has 27 heavy (non-hydrogen) atoms. The van der Waals surface area contributed by atoms with Gasteiger partial charge in [0.25, 0.3) is 5.91 Å². The van der Waals surface area contributed by atoms with Crippen molar-refractivity contribution in [3.63, 3.8) is 0 Å². The molecule has 2 heterocycles. The molecule has 2 aromatic heterocycles. The first-order chi connectivity index (χ1) is 13.2. The lowest BCUT2D eigenvalue weighted by Gasteiger charge is -2.04. The van der Waals surface area contributed by atoms with Crippen molar-refractivity contribution in [2.45, 2.75) is 13.5 Å². The lowest BCUT2D eigenvalue weighted by Crippen LogP contribution is -2.22. The van der Waals surface area contributed by atoms with E-state index < -0.39 is 0 Å². The number of carbonyl (C=O) groups is 1. The highest BCUT2D eigenvalue weighted by Crippen LogP contribution is 2.24. The SMILES string of the molecule is Cc1csc(-c2cccc(C(=O)NCc3nnc(-c4ccccc4)o3)c2)n1. The quantitative estimate of drug-likeness (QED) is 0.567. The zero-order valence-corrected chi connectivity index (χ0v) is 15.4. The zero-order chi connectivity index (χ0) is 18.6. The second-order valence-electron chi connectivity index (χ2n) is 5.92.